The first-order valence-corrected chi connectivity index (χ1v) is 5.59. The fourth-order valence-electron chi connectivity index (χ4n) is 0.800. The van der Waals surface area contributed by atoms with Gasteiger partial charge in [0.25, 0.3) is 0 Å². The molecule has 0 aliphatic heterocycles. The van der Waals surface area contributed by atoms with Crippen LogP contribution in [0.4, 0.5) is 0 Å². The molecule has 1 N–H and O–H groups in total. The van der Waals surface area contributed by atoms with Crippen LogP contribution in [0.25, 0.3) is 0 Å². The summed E-state index contributed by atoms with van der Waals surface area (Å²) in [5.74, 6) is 0. The van der Waals surface area contributed by atoms with Crippen LogP contribution >= 0.6 is 34.7 Å². The molecule has 0 atom stereocenters. The smallest absolute Gasteiger partial charge is 0.172 e. The number of nitrogens with one attached hydrogen (secondary N) is 1. The third-order valence-electron chi connectivity index (χ3n) is 1.35. The summed E-state index contributed by atoms with van der Waals surface area (Å²) in [7, 11) is 0. The summed E-state index contributed by atoms with van der Waals surface area (Å²) in [6.07, 6.45) is 4.07. The molecule has 0 spiro atoms. The van der Waals surface area contributed by atoms with Crippen LogP contribution in [-0.4, -0.2) is 21.2 Å². The molecule has 7 heteroatoms. The number of hydrogen-bond acceptors (Lipinski definition) is 5. The molecule has 0 amide bonds. The van der Waals surface area contributed by atoms with Gasteiger partial charge in [0.15, 0.2) is 20.9 Å². The number of carbonyl (C=O) groups excluding carboxylic acids is 1. The molecule has 2 heterocycles. The quantitative estimate of drug-likeness (QED) is 0.844. The number of aldehydes is 1. The van der Waals surface area contributed by atoms with Crippen molar-refractivity contribution in [2.45, 2.75) is 9.50 Å². The minimum atomic E-state index is 0.249. The number of rotatable bonds is 3. The molecule has 0 aliphatic carbocycles. The standard InChI is InChI=1S/C7H4ClN3OS2/c8-5-4(3-12)13-7(11-5)14-6-9-1-2-10-6/h1-3H,(H,9,10). The molecule has 0 bridgehead atoms. The first-order chi connectivity index (χ1) is 6.79. The highest BCUT2D eigenvalue weighted by molar-refractivity contribution is 8.00. The van der Waals surface area contributed by atoms with Crippen LogP contribution in [0.1, 0.15) is 9.67 Å². The van der Waals surface area contributed by atoms with Crippen molar-refractivity contribution in [3.05, 3.63) is 22.4 Å². The van der Waals surface area contributed by atoms with Gasteiger partial charge in [0, 0.05) is 12.4 Å². The second kappa shape index (κ2) is 4.12. The van der Waals surface area contributed by atoms with Gasteiger partial charge in [-0.1, -0.05) is 11.6 Å². The maximum atomic E-state index is 10.5. The Morgan fingerprint density at radius 1 is 1.64 bits per heavy atom. The predicted octanol–water partition coefficient (Wildman–Crippen LogP) is 2.48. The zero-order valence-electron chi connectivity index (χ0n) is 6.73. The van der Waals surface area contributed by atoms with Crippen molar-refractivity contribution >= 4 is 41.0 Å². The van der Waals surface area contributed by atoms with Gasteiger partial charge in [-0.15, -0.1) is 11.3 Å². The Morgan fingerprint density at radius 3 is 3.07 bits per heavy atom. The number of aromatic nitrogens is 3. The Hall–Kier alpha value is -0.850. The van der Waals surface area contributed by atoms with E-state index in [1.807, 2.05) is 0 Å². The normalized spacial score (nSPS) is 10.4. The summed E-state index contributed by atoms with van der Waals surface area (Å²) in [4.78, 5) is 21.9. The monoisotopic (exact) mass is 245 g/mol. The zero-order valence-corrected chi connectivity index (χ0v) is 9.12. The van der Waals surface area contributed by atoms with Crippen LogP contribution in [-0.2, 0) is 0 Å². The molecule has 2 rings (SSSR count). The van der Waals surface area contributed by atoms with E-state index in [9.17, 15) is 4.79 Å². The molecular weight excluding hydrogens is 242 g/mol. The first-order valence-electron chi connectivity index (χ1n) is 3.58. The molecule has 0 aromatic carbocycles. The van der Waals surface area contributed by atoms with Gasteiger partial charge < -0.3 is 4.98 Å². The molecule has 0 saturated carbocycles. The van der Waals surface area contributed by atoms with Gasteiger partial charge in [-0.2, -0.15) is 0 Å². The Morgan fingerprint density at radius 2 is 2.50 bits per heavy atom. The second-order valence-corrected chi connectivity index (χ2v) is 4.87. The molecule has 2 aromatic heterocycles. The molecule has 0 aliphatic rings. The Labute approximate surface area is 92.7 Å². The van der Waals surface area contributed by atoms with Crippen molar-refractivity contribution in [3.63, 3.8) is 0 Å². The average Bonchev–Trinajstić information content (AvgIpc) is 2.76. The van der Waals surface area contributed by atoms with E-state index in [1.54, 1.807) is 12.4 Å². The Kier molecular flexibility index (Phi) is 2.85. The zero-order chi connectivity index (χ0) is 9.97. The Balaban J connectivity index is 2.21. The van der Waals surface area contributed by atoms with E-state index in [4.69, 9.17) is 11.6 Å². The lowest BCUT2D eigenvalue weighted by Crippen LogP contribution is -1.73. The fourth-order valence-corrected chi connectivity index (χ4v) is 2.86. The van der Waals surface area contributed by atoms with Crippen LogP contribution in [0.5, 0.6) is 0 Å². The molecule has 0 unspecified atom stereocenters. The van der Waals surface area contributed by atoms with Crippen LogP contribution in [0, 0.1) is 0 Å². The van der Waals surface area contributed by atoms with E-state index in [0.717, 1.165) is 5.16 Å². The number of thiazole rings is 1. The van der Waals surface area contributed by atoms with Crippen molar-refractivity contribution in [2.24, 2.45) is 0 Å². The van der Waals surface area contributed by atoms with E-state index in [1.165, 1.54) is 23.1 Å². The highest BCUT2D eigenvalue weighted by Crippen LogP contribution is 2.32. The van der Waals surface area contributed by atoms with E-state index in [2.05, 4.69) is 15.0 Å². The number of halogens is 1. The number of nitrogens with zero attached hydrogens (tertiary/aromatic N) is 2. The molecule has 14 heavy (non-hydrogen) atoms. The van der Waals surface area contributed by atoms with E-state index in [-0.39, 0.29) is 5.15 Å². The lowest BCUT2D eigenvalue weighted by Gasteiger charge is -1.88. The van der Waals surface area contributed by atoms with Crippen molar-refractivity contribution in [2.75, 3.05) is 0 Å². The van der Waals surface area contributed by atoms with Crippen LogP contribution < -0.4 is 0 Å². The third kappa shape index (κ3) is 1.97. The molecule has 0 radical (unpaired) electrons. The molecule has 0 saturated heterocycles. The maximum Gasteiger partial charge on any atom is 0.172 e. The molecule has 2 aromatic rings. The minimum absolute atomic E-state index is 0.249. The molecule has 72 valence electrons. The van der Waals surface area contributed by atoms with Crippen molar-refractivity contribution in [1.82, 2.24) is 15.0 Å². The van der Waals surface area contributed by atoms with Gasteiger partial charge in [0.1, 0.15) is 4.88 Å². The summed E-state index contributed by atoms with van der Waals surface area (Å²) in [5.41, 5.74) is 0. The maximum absolute atomic E-state index is 10.5. The number of aromatic amines is 1. The number of hydrogen-bond donors (Lipinski definition) is 1. The third-order valence-corrected chi connectivity index (χ3v) is 3.71. The SMILES string of the molecule is O=Cc1sc(Sc2ncc[nH]2)nc1Cl. The van der Waals surface area contributed by atoms with E-state index in [0.29, 0.717) is 15.5 Å². The van der Waals surface area contributed by atoms with Gasteiger partial charge in [-0.3, -0.25) is 4.79 Å². The van der Waals surface area contributed by atoms with Gasteiger partial charge in [-0.25, -0.2) is 9.97 Å². The van der Waals surface area contributed by atoms with Gasteiger partial charge in [0.05, 0.1) is 0 Å². The topological polar surface area (TPSA) is 58.6 Å². The van der Waals surface area contributed by atoms with Crippen molar-refractivity contribution < 1.29 is 4.79 Å². The summed E-state index contributed by atoms with van der Waals surface area (Å²) in [5, 5.41) is 0.979. The van der Waals surface area contributed by atoms with Gasteiger partial charge in [0.2, 0.25) is 0 Å². The lowest BCUT2D eigenvalue weighted by atomic mass is 10.6. The average molecular weight is 246 g/mol. The highest BCUT2D eigenvalue weighted by atomic mass is 35.5. The highest BCUT2D eigenvalue weighted by Gasteiger charge is 2.10. The molecule has 4 nitrogen and oxygen atoms in total. The van der Waals surface area contributed by atoms with Crippen molar-refractivity contribution in [1.29, 1.82) is 0 Å². The number of H-pyrrole nitrogens is 1. The van der Waals surface area contributed by atoms with Gasteiger partial charge in [-0.05, 0) is 11.8 Å². The summed E-state index contributed by atoms with van der Waals surface area (Å²) in [6.45, 7) is 0. The van der Waals surface area contributed by atoms with Gasteiger partial charge >= 0.3 is 0 Å². The summed E-state index contributed by atoms with van der Waals surface area (Å²) >= 11 is 8.30. The van der Waals surface area contributed by atoms with Crippen LogP contribution in [0.3, 0.4) is 0 Å². The predicted molar refractivity (Wildman–Crippen MR) is 55.2 cm³/mol. The van der Waals surface area contributed by atoms with E-state index >= 15 is 0 Å². The first kappa shape index (κ1) is 9.70. The second-order valence-electron chi connectivity index (χ2n) is 2.25. The molecule has 0 fully saturated rings. The number of imidazole rings is 1. The Bertz CT molecular complexity index is 440. The van der Waals surface area contributed by atoms with Crippen molar-refractivity contribution in [3.8, 4) is 0 Å². The van der Waals surface area contributed by atoms with Crippen LogP contribution in [0.2, 0.25) is 5.15 Å². The minimum Gasteiger partial charge on any atom is -0.339 e. The number of carbonyl (C=O) groups is 1. The summed E-state index contributed by atoms with van der Waals surface area (Å²) in [6, 6.07) is 0. The van der Waals surface area contributed by atoms with E-state index < -0.39 is 0 Å². The lowest BCUT2D eigenvalue weighted by molar-refractivity contribution is 0.112. The summed E-state index contributed by atoms with van der Waals surface area (Å²) < 4.78 is 0.701. The largest absolute Gasteiger partial charge is 0.339 e. The fraction of sp³-hybridized carbons (Fsp3) is 0. The molecular formula is C7H4ClN3OS2. The van der Waals surface area contributed by atoms with Crippen LogP contribution in [0.15, 0.2) is 21.9 Å².